The Bertz CT molecular complexity index is 769. The molecule has 170 valence electrons. The number of carbonyl (C=O) groups excluding carboxylic acids is 2. The summed E-state index contributed by atoms with van der Waals surface area (Å²) >= 11 is 0. The van der Waals surface area contributed by atoms with E-state index in [0.717, 1.165) is 83.7 Å². The maximum absolute atomic E-state index is 12.9. The zero-order valence-electron chi connectivity index (χ0n) is 18.7. The maximum atomic E-state index is 12.9. The van der Waals surface area contributed by atoms with Crippen LogP contribution < -0.4 is 16.0 Å². The molecule has 3 fully saturated rings. The van der Waals surface area contributed by atoms with Crippen molar-refractivity contribution in [3.8, 4) is 0 Å². The molecule has 0 radical (unpaired) electrons. The fourth-order valence-electron chi connectivity index (χ4n) is 5.19. The van der Waals surface area contributed by atoms with Crippen molar-refractivity contribution in [2.75, 3.05) is 63.0 Å². The standard InChI is InChI=1S/C24H37N5O2/c25-21-18-20(24(31)28-12-4-10-26-11-15-28)8-9-22(21)27-13-5-14-29(17-16-27)23(30)19-6-2-1-3-7-19/h8-9,18-19,26H,1-7,10-17,25H2. The molecular formula is C24H37N5O2. The van der Waals surface area contributed by atoms with E-state index < -0.39 is 0 Å². The average molecular weight is 428 g/mol. The fourth-order valence-corrected chi connectivity index (χ4v) is 5.19. The summed E-state index contributed by atoms with van der Waals surface area (Å²) in [6.45, 7) is 6.55. The number of amides is 2. The van der Waals surface area contributed by atoms with Crippen LogP contribution in [0.4, 0.5) is 11.4 Å². The molecule has 2 saturated heterocycles. The highest BCUT2D eigenvalue weighted by Crippen LogP contribution is 2.28. The smallest absolute Gasteiger partial charge is 0.253 e. The van der Waals surface area contributed by atoms with Crippen LogP contribution in [0.3, 0.4) is 0 Å². The van der Waals surface area contributed by atoms with Gasteiger partial charge in [0.1, 0.15) is 0 Å². The Labute approximate surface area is 185 Å². The van der Waals surface area contributed by atoms with Crippen LogP contribution in [0, 0.1) is 5.92 Å². The van der Waals surface area contributed by atoms with Gasteiger partial charge in [0.2, 0.25) is 5.91 Å². The Kier molecular flexibility index (Phi) is 7.33. The van der Waals surface area contributed by atoms with E-state index in [-0.39, 0.29) is 11.8 Å². The third-order valence-corrected chi connectivity index (χ3v) is 7.00. The molecule has 3 N–H and O–H groups in total. The molecule has 1 saturated carbocycles. The van der Waals surface area contributed by atoms with Gasteiger partial charge in [-0.2, -0.15) is 0 Å². The van der Waals surface area contributed by atoms with Gasteiger partial charge in [-0.05, 0) is 50.4 Å². The number of hydrogen-bond donors (Lipinski definition) is 2. The lowest BCUT2D eigenvalue weighted by Crippen LogP contribution is -2.39. The summed E-state index contributed by atoms with van der Waals surface area (Å²) in [4.78, 5) is 32.1. The SMILES string of the molecule is Nc1cc(C(=O)N2CCCNCC2)ccc1N1CCCN(C(=O)C2CCCCC2)CC1. The van der Waals surface area contributed by atoms with E-state index in [0.29, 0.717) is 17.2 Å². The van der Waals surface area contributed by atoms with E-state index >= 15 is 0 Å². The normalized spacial score (nSPS) is 21.5. The minimum atomic E-state index is 0.0575. The van der Waals surface area contributed by atoms with E-state index in [1.165, 1.54) is 19.3 Å². The van der Waals surface area contributed by atoms with Crippen LogP contribution in [0.5, 0.6) is 0 Å². The Balaban J connectivity index is 1.39. The number of rotatable bonds is 3. The van der Waals surface area contributed by atoms with Crippen molar-refractivity contribution in [2.45, 2.75) is 44.9 Å². The number of anilines is 2. The van der Waals surface area contributed by atoms with Crippen molar-refractivity contribution in [1.82, 2.24) is 15.1 Å². The van der Waals surface area contributed by atoms with Crippen LogP contribution in [0.15, 0.2) is 18.2 Å². The number of nitrogens with two attached hydrogens (primary N) is 1. The van der Waals surface area contributed by atoms with Gasteiger partial charge in [0.05, 0.1) is 11.4 Å². The number of nitrogens with one attached hydrogen (secondary N) is 1. The second kappa shape index (κ2) is 10.4. The summed E-state index contributed by atoms with van der Waals surface area (Å²) in [7, 11) is 0. The van der Waals surface area contributed by atoms with E-state index in [9.17, 15) is 9.59 Å². The first-order chi connectivity index (χ1) is 15.1. The van der Waals surface area contributed by atoms with Gasteiger partial charge in [-0.25, -0.2) is 0 Å². The first-order valence-corrected chi connectivity index (χ1v) is 12.1. The molecule has 0 spiro atoms. The molecule has 1 aliphatic carbocycles. The van der Waals surface area contributed by atoms with Crippen molar-refractivity contribution in [1.29, 1.82) is 0 Å². The molecule has 0 aromatic heterocycles. The minimum absolute atomic E-state index is 0.0575. The molecule has 0 atom stereocenters. The van der Waals surface area contributed by atoms with E-state index in [1.807, 2.05) is 23.1 Å². The first kappa shape index (κ1) is 21.9. The van der Waals surface area contributed by atoms with Gasteiger partial charge in [-0.3, -0.25) is 9.59 Å². The molecule has 2 amide bonds. The van der Waals surface area contributed by atoms with Crippen molar-refractivity contribution < 1.29 is 9.59 Å². The summed E-state index contributed by atoms with van der Waals surface area (Å²) in [5.41, 5.74) is 8.68. The van der Waals surface area contributed by atoms with Gasteiger partial charge >= 0.3 is 0 Å². The van der Waals surface area contributed by atoms with E-state index in [4.69, 9.17) is 5.73 Å². The van der Waals surface area contributed by atoms with Crippen molar-refractivity contribution in [3.05, 3.63) is 23.8 Å². The Morgan fingerprint density at radius 1 is 0.839 bits per heavy atom. The topological polar surface area (TPSA) is 81.9 Å². The van der Waals surface area contributed by atoms with Gasteiger partial charge < -0.3 is 25.8 Å². The van der Waals surface area contributed by atoms with Crippen LogP contribution >= 0.6 is 0 Å². The molecule has 31 heavy (non-hydrogen) atoms. The number of hydrogen-bond acceptors (Lipinski definition) is 5. The van der Waals surface area contributed by atoms with Gasteiger partial charge in [-0.1, -0.05) is 19.3 Å². The zero-order chi connectivity index (χ0) is 21.6. The molecule has 2 aliphatic heterocycles. The third kappa shape index (κ3) is 5.32. The van der Waals surface area contributed by atoms with Crippen LogP contribution in [-0.4, -0.2) is 74.0 Å². The summed E-state index contributed by atoms with van der Waals surface area (Å²) in [5, 5.41) is 3.33. The monoisotopic (exact) mass is 427 g/mol. The van der Waals surface area contributed by atoms with Gasteiger partial charge in [-0.15, -0.1) is 0 Å². The minimum Gasteiger partial charge on any atom is -0.397 e. The van der Waals surface area contributed by atoms with Gasteiger partial charge in [0.15, 0.2) is 0 Å². The molecule has 1 aromatic carbocycles. The molecule has 7 heteroatoms. The molecular weight excluding hydrogens is 390 g/mol. The molecule has 0 unspecified atom stereocenters. The van der Waals surface area contributed by atoms with E-state index in [2.05, 4.69) is 15.1 Å². The van der Waals surface area contributed by atoms with Crippen molar-refractivity contribution in [3.63, 3.8) is 0 Å². The average Bonchev–Trinajstić information content (AvgIpc) is 3.22. The quantitative estimate of drug-likeness (QED) is 0.724. The Morgan fingerprint density at radius 2 is 1.65 bits per heavy atom. The Morgan fingerprint density at radius 3 is 2.45 bits per heavy atom. The lowest BCUT2D eigenvalue weighted by atomic mass is 9.88. The van der Waals surface area contributed by atoms with Crippen LogP contribution in [-0.2, 0) is 4.79 Å². The van der Waals surface area contributed by atoms with Crippen LogP contribution in [0.25, 0.3) is 0 Å². The summed E-state index contributed by atoms with van der Waals surface area (Å²) in [6.07, 6.45) is 7.66. The highest BCUT2D eigenvalue weighted by Gasteiger charge is 2.28. The second-order valence-electron chi connectivity index (χ2n) is 9.17. The van der Waals surface area contributed by atoms with Crippen LogP contribution in [0.1, 0.15) is 55.3 Å². The lowest BCUT2D eigenvalue weighted by Gasteiger charge is -2.29. The highest BCUT2D eigenvalue weighted by molar-refractivity contribution is 5.96. The molecule has 0 bridgehead atoms. The fraction of sp³-hybridized carbons (Fsp3) is 0.667. The summed E-state index contributed by atoms with van der Waals surface area (Å²) in [6, 6.07) is 5.71. The molecule has 4 rings (SSSR count). The van der Waals surface area contributed by atoms with Gasteiger partial charge in [0, 0.05) is 57.3 Å². The van der Waals surface area contributed by atoms with Crippen molar-refractivity contribution >= 4 is 23.2 Å². The number of carbonyl (C=O) groups is 2. The first-order valence-electron chi connectivity index (χ1n) is 12.1. The molecule has 2 heterocycles. The van der Waals surface area contributed by atoms with E-state index in [1.54, 1.807) is 0 Å². The van der Waals surface area contributed by atoms with Crippen LogP contribution in [0.2, 0.25) is 0 Å². The lowest BCUT2D eigenvalue weighted by molar-refractivity contribution is -0.136. The molecule has 1 aromatic rings. The zero-order valence-corrected chi connectivity index (χ0v) is 18.7. The number of nitrogens with zero attached hydrogens (tertiary/aromatic N) is 3. The molecule has 7 nitrogen and oxygen atoms in total. The largest absolute Gasteiger partial charge is 0.397 e. The number of nitrogen functional groups attached to an aromatic ring is 1. The predicted octanol–water partition coefficient (Wildman–Crippen LogP) is 2.32. The van der Waals surface area contributed by atoms with Crippen molar-refractivity contribution in [2.24, 2.45) is 5.92 Å². The summed E-state index contributed by atoms with van der Waals surface area (Å²) < 4.78 is 0. The summed E-state index contributed by atoms with van der Waals surface area (Å²) in [5.74, 6) is 0.634. The van der Waals surface area contributed by atoms with Gasteiger partial charge in [0.25, 0.3) is 5.91 Å². The maximum Gasteiger partial charge on any atom is 0.253 e. The number of benzene rings is 1. The predicted molar refractivity (Wildman–Crippen MR) is 124 cm³/mol. The molecule has 3 aliphatic rings. The second-order valence-corrected chi connectivity index (χ2v) is 9.17. The highest BCUT2D eigenvalue weighted by atomic mass is 16.2. The Hall–Kier alpha value is -2.28. The third-order valence-electron chi connectivity index (χ3n) is 7.00.